The van der Waals surface area contributed by atoms with Gasteiger partial charge in [-0.2, -0.15) is 18.2 Å². The lowest BCUT2D eigenvalue weighted by atomic mass is 10.1. The third kappa shape index (κ3) is 4.39. The van der Waals surface area contributed by atoms with Crippen LogP contribution in [-0.4, -0.2) is 51.0 Å². The van der Waals surface area contributed by atoms with E-state index in [0.717, 1.165) is 31.7 Å². The second-order valence-electron chi connectivity index (χ2n) is 8.14. The number of aryl methyl sites for hydroxylation is 1. The molecule has 3 atom stereocenters. The predicted molar refractivity (Wildman–Crippen MR) is 114 cm³/mol. The minimum absolute atomic E-state index is 0.0451. The van der Waals surface area contributed by atoms with Gasteiger partial charge in [0.15, 0.2) is 11.5 Å². The molecule has 2 aliphatic rings. The maximum atomic E-state index is 12.6. The molecule has 32 heavy (non-hydrogen) atoms. The third-order valence-corrected chi connectivity index (χ3v) is 5.87. The van der Waals surface area contributed by atoms with Crippen molar-refractivity contribution in [1.29, 1.82) is 0 Å². The third-order valence-electron chi connectivity index (χ3n) is 5.87. The molecule has 1 saturated carbocycles. The number of aromatic nitrogens is 4. The summed E-state index contributed by atoms with van der Waals surface area (Å²) in [7, 11) is 1.85. The molecule has 172 valence electrons. The largest absolute Gasteiger partial charge is 0.434 e. The molecule has 1 aliphatic carbocycles. The van der Waals surface area contributed by atoms with Crippen LogP contribution in [0.5, 0.6) is 0 Å². The molecule has 1 fully saturated rings. The lowest BCUT2D eigenvalue weighted by molar-refractivity contribution is -0.141. The van der Waals surface area contributed by atoms with Gasteiger partial charge in [-0.25, -0.2) is 15.0 Å². The van der Waals surface area contributed by atoms with E-state index in [0.29, 0.717) is 35.4 Å². The van der Waals surface area contributed by atoms with E-state index in [2.05, 4.69) is 35.9 Å². The summed E-state index contributed by atoms with van der Waals surface area (Å²) in [5.74, 6) is 1.41. The number of hydrogen-bond donors (Lipinski definition) is 3. The second kappa shape index (κ2) is 8.40. The second-order valence-corrected chi connectivity index (χ2v) is 8.14. The van der Waals surface area contributed by atoms with Crippen molar-refractivity contribution < 1.29 is 18.0 Å². The van der Waals surface area contributed by atoms with Gasteiger partial charge in [0.1, 0.15) is 17.5 Å². The lowest BCUT2D eigenvalue weighted by Gasteiger charge is -2.34. The molecule has 3 heterocycles. The Morgan fingerprint density at radius 1 is 1.16 bits per heavy atom. The van der Waals surface area contributed by atoms with Gasteiger partial charge in [0.05, 0.1) is 18.1 Å². The van der Waals surface area contributed by atoms with Crippen molar-refractivity contribution in [2.45, 2.75) is 63.8 Å². The summed E-state index contributed by atoms with van der Waals surface area (Å²) in [5.41, 5.74) is 0.292. The van der Waals surface area contributed by atoms with E-state index in [-0.39, 0.29) is 24.0 Å². The highest BCUT2D eigenvalue weighted by Crippen LogP contribution is 2.34. The summed E-state index contributed by atoms with van der Waals surface area (Å²) in [4.78, 5) is 30.5. The van der Waals surface area contributed by atoms with Gasteiger partial charge in [-0.3, -0.25) is 4.79 Å². The van der Waals surface area contributed by atoms with Crippen LogP contribution in [-0.2, 0) is 11.0 Å². The van der Waals surface area contributed by atoms with Crippen molar-refractivity contribution in [3.63, 3.8) is 0 Å². The van der Waals surface area contributed by atoms with Crippen LogP contribution in [0.4, 0.5) is 36.4 Å². The van der Waals surface area contributed by atoms with Crippen LogP contribution in [0.1, 0.15) is 44.0 Å². The van der Waals surface area contributed by atoms with Gasteiger partial charge < -0.3 is 20.9 Å². The maximum absolute atomic E-state index is 12.6. The molecule has 1 amide bonds. The zero-order valence-electron chi connectivity index (χ0n) is 18.0. The molecular formula is C20H25F3N8O. The Bertz CT molecular complexity index is 998. The van der Waals surface area contributed by atoms with Crippen LogP contribution in [0.15, 0.2) is 12.4 Å². The number of amides is 1. The molecule has 2 aromatic rings. The molecule has 9 nitrogen and oxygen atoms in total. The Kier molecular flexibility index (Phi) is 5.78. The standard InChI is InChI=1S/C20H25F3N8O/c1-4-13-18(32)29-16-10(2)26-19(30-17(16)31(13)3)28-12-6-5-11(7-12)27-15-9-24-14(8-25-15)20(21,22)23/h8-9,11-13H,4-7H2,1-3H3,(H,25,27)(H,29,32)(H,26,28,30)/t11-,12+,13-/m0/s1. The van der Waals surface area contributed by atoms with E-state index < -0.39 is 11.9 Å². The topological polar surface area (TPSA) is 108 Å². The van der Waals surface area contributed by atoms with Crippen molar-refractivity contribution >= 4 is 29.2 Å². The Hall–Kier alpha value is -3.18. The number of hydrogen-bond acceptors (Lipinski definition) is 8. The fourth-order valence-electron chi connectivity index (χ4n) is 4.20. The van der Waals surface area contributed by atoms with E-state index >= 15 is 0 Å². The predicted octanol–water partition coefficient (Wildman–Crippen LogP) is 3.21. The summed E-state index contributed by atoms with van der Waals surface area (Å²) in [6, 6.07) is -0.143. The number of rotatable bonds is 5. The molecule has 0 saturated heterocycles. The van der Waals surface area contributed by atoms with Crippen molar-refractivity contribution in [2.24, 2.45) is 0 Å². The first-order valence-corrected chi connectivity index (χ1v) is 10.5. The normalized spacial score (nSPS) is 23.0. The molecule has 1 aliphatic heterocycles. The zero-order chi connectivity index (χ0) is 23.0. The number of nitrogens with one attached hydrogen (secondary N) is 3. The number of carbonyl (C=O) groups is 1. The van der Waals surface area contributed by atoms with Gasteiger partial charge in [0.25, 0.3) is 0 Å². The van der Waals surface area contributed by atoms with Gasteiger partial charge >= 0.3 is 6.18 Å². The zero-order valence-corrected chi connectivity index (χ0v) is 18.0. The quantitative estimate of drug-likeness (QED) is 0.638. The summed E-state index contributed by atoms with van der Waals surface area (Å²) in [6.45, 7) is 3.78. The average molecular weight is 450 g/mol. The number of halogens is 3. The van der Waals surface area contributed by atoms with Crippen molar-refractivity contribution in [3.8, 4) is 0 Å². The molecule has 0 aromatic carbocycles. The molecule has 2 aromatic heterocycles. The highest BCUT2D eigenvalue weighted by atomic mass is 19.4. The minimum atomic E-state index is -4.51. The Labute approximate surface area is 183 Å². The van der Waals surface area contributed by atoms with E-state index in [9.17, 15) is 18.0 Å². The number of fused-ring (bicyclic) bond motifs is 1. The summed E-state index contributed by atoms with van der Waals surface area (Å²) >= 11 is 0. The van der Waals surface area contributed by atoms with Gasteiger partial charge in [-0.05, 0) is 32.6 Å². The number of anilines is 4. The van der Waals surface area contributed by atoms with E-state index in [1.54, 1.807) is 0 Å². The number of likely N-dealkylation sites (N-methyl/N-ethyl adjacent to an activating group) is 1. The molecule has 0 bridgehead atoms. The highest BCUT2D eigenvalue weighted by Gasteiger charge is 2.34. The molecule has 4 rings (SSSR count). The maximum Gasteiger partial charge on any atom is 0.434 e. The minimum Gasteiger partial charge on any atom is -0.366 e. The van der Waals surface area contributed by atoms with Gasteiger partial charge in [0.2, 0.25) is 11.9 Å². The molecule has 0 spiro atoms. The molecule has 0 unspecified atom stereocenters. The van der Waals surface area contributed by atoms with Crippen LogP contribution < -0.4 is 20.9 Å². The SMILES string of the molecule is CC[C@H]1C(=O)Nc2c(C)nc(N[C@@H]3CC[C@H](Nc4cnc(C(F)(F)F)cn4)C3)nc2N1C. The number of carbonyl (C=O) groups excluding carboxylic acids is 1. The van der Waals surface area contributed by atoms with Gasteiger partial charge in [-0.1, -0.05) is 6.92 Å². The fourth-order valence-corrected chi connectivity index (χ4v) is 4.20. The van der Waals surface area contributed by atoms with Crippen LogP contribution in [0.2, 0.25) is 0 Å². The van der Waals surface area contributed by atoms with E-state index in [1.807, 2.05) is 25.8 Å². The lowest BCUT2D eigenvalue weighted by Crippen LogP contribution is -2.46. The summed E-state index contributed by atoms with van der Waals surface area (Å²) in [5, 5.41) is 9.40. The molecule has 3 N–H and O–H groups in total. The summed E-state index contributed by atoms with van der Waals surface area (Å²) in [6.07, 6.45) is 0.384. The van der Waals surface area contributed by atoms with Crippen molar-refractivity contribution in [1.82, 2.24) is 19.9 Å². The Balaban J connectivity index is 1.40. The Morgan fingerprint density at radius 2 is 1.88 bits per heavy atom. The summed E-state index contributed by atoms with van der Waals surface area (Å²) < 4.78 is 37.9. The number of alkyl halides is 3. The van der Waals surface area contributed by atoms with Crippen molar-refractivity contribution in [2.75, 3.05) is 27.9 Å². The highest BCUT2D eigenvalue weighted by molar-refractivity contribution is 6.03. The van der Waals surface area contributed by atoms with Crippen LogP contribution in [0.3, 0.4) is 0 Å². The first-order valence-electron chi connectivity index (χ1n) is 10.5. The van der Waals surface area contributed by atoms with E-state index in [4.69, 9.17) is 0 Å². The van der Waals surface area contributed by atoms with E-state index in [1.165, 1.54) is 0 Å². The Morgan fingerprint density at radius 3 is 2.50 bits per heavy atom. The monoisotopic (exact) mass is 450 g/mol. The first kappa shape index (κ1) is 22.0. The van der Waals surface area contributed by atoms with Crippen molar-refractivity contribution in [3.05, 3.63) is 23.8 Å². The number of nitrogens with zero attached hydrogens (tertiary/aromatic N) is 5. The van der Waals surface area contributed by atoms with Crippen LogP contribution in [0.25, 0.3) is 0 Å². The average Bonchev–Trinajstić information content (AvgIpc) is 3.16. The molecule has 0 radical (unpaired) electrons. The van der Waals surface area contributed by atoms with Crippen LogP contribution >= 0.6 is 0 Å². The first-order chi connectivity index (χ1) is 15.2. The van der Waals surface area contributed by atoms with Gasteiger partial charge in [-0.15, -0.1) is 0 Å². The van der Waals surface area contributed by atoms with Gasteiger partial charge in [0, 0.05) is 19.1 Å². The molecular weight excluding hydrogens is 425 g/mol. The van der Waals surface area contributed by atoms with Crippen LogP contribution in [0, 0.1) is 6.92 Å². The smallest absolute Gasteiger partial charge is 0.366 e. The molecule has 12 heteroatoms. The fraction of sp³-hybridized carbons (Fsp3) is 0.550.